The molecular formula is C16H29NO3. The summed E-state index contributed by atoms with van der Waals surface area (Å²) in [6, 6.07) is 0. The largest absolute Gasteiger partial charge is 0.444 e. The van der Waals surface area contributed by atoms with Crippen LogP contribution in [0.2, 0.25) is 0 Å². The van der Waals surface area contributed by atoms with Crippen LogP contribution >= 0.6 is 0 Å². The van der Waals surface area contributed by atoms with E-state index in [1.54, 1.807) is 6.92 Å². The summed E-state index contributed by atoms with van der Waals surface area (Å²) in [6.07, 6.45) is 6.01. The molecule has 116 valence electrons. The van der Waals surface area contributed by atoms with Gasteiger partial charge in [0.25, 0.3) is 0 Å². The normalized spacial score (nSPS) is 19.2. The highest BCUT2D eigenvalue weighted by Gasteiger charge is 2.29. The highest BCUT2D eigenvalue weighted by molar-refractivity contribution is 5.75. The Kier molecular flexibility index (Phi) is 6.50. The first-order chi connectivity index (χ1) is 9.28. The molecular weight excluding hydrogens is 254 g/mol. The van der Waals surface area contributed by atoms with Crippen molar-refractivity contribution in [1.29, 1.82) is 0 Å². The van der Waals surface area contributed by atoms with Gasteiger partial charge in [-0.3, -0.25) is 0 Å². The van der Waals surface area contributed by atoms with E-state index in [1.807, 2.05) is 25.7 Å². The topological polar surface area (TPSA) is 46.6 Å². The molecule has 1 saturated heterocycles. The summed E-state index contributed by atoms with van der Waals surface area (Å²) in [5.41, 5.74) is -0.415. The quantitative estimate of drug-likeness (QED) is 0.697. The zero-order valence-corrected chi connectivity index (χ0v) is 13.4. The van der Waals surface area contributed by atoms with Crippen molar-refractivity contribution < 1.29 is 14.3 Å². The van der Waals surface area contributed by atoms with Crippen molar-refractivity contribution in [3.63, 3.8) is 0 Å². The van der Waals surface area contributed by atoms with Crippen LogP contribution in [-0.2, 0) is 9.53 Å². The van der Waals surface area contributed by atoms with E-state index in [1.165, 1.54) is 0 Å². The van der Waals surface area contributed by atoms with E-state index in [9.17, 15) is 9.59 Å². The molecule has 0 aromatic rings. The van der Waals surface area contributed by atoms with Gasteiger partial charge < -0.3 is 14.4 Å². The van der Waals surface area contributed by atoms with E-state index >= 15 is 0 Å². The van der Waals surface area contributed by atoms with Crippen LogP contribution in [0.25, 0.3) is 0 Å². The standard InChI is InChI=1S/C16H29NO3/c1-13(18)8-6-5-7-9-14-10-11-17(12-14)15(19)20-16(2,3)4/h14H,5-12H2,1-4H3/t14-/m1/s1. The van der Waals surface area contributed by atoms with E-state index < -0.39 is 5.60 Å². The molecule has 1 rings (SSSR count). The van der Waals surface area contributed by atoms with Gasteiger partial charge in [-0.15, -0.1) is 0 Å². The van der Waals surface area contributed by atoms with Crippen LogP contribution in [-0.4, -0.2) is 35.5 Å². The predicted octanol–water partition coefficient (Wildman–Crippen LogP) is 3.78. The lowest BCUT2D eigenvalue weighted by Gasteiger charge is -2.24. The van der Waals surface area contributed by atoms with E-state index in [0.717, 1.165) is 45.2 Å². The molecule has 1 atom stereocenters. The van der Waals surface area contributed by atoms with Gasteiger partial charge in [0.15, 0.2) is 0 Å². The monoisotopic (exact) mass is 283 g/mol. The van der Waals surface area contributed by atoms with Crippen LogP contribution in [0.1, 0.15) is 66.2 Å². The average molecular weight is 283 g/mol. The van der Waals surface area contributed by atoms with Crippen molar-refractivity contribution in [3.05, 3.63) is 0 Å². The molecule has 0 aromatic heterocycles. The molecule has 0 spiro atoms. The summed E-state index contributed by atoms with van der Waals surface area (Å²) < 4.78 is 5.39. The molecule has 0 unspecified atom stereocenters. The molecule has 0 aromatic carbocycles. The number of hydrogen-bond donors (Lipinski definition) is 0. The van der Waals surface area contributed by atoms with Crippen molar-refractivity contribution >= 4 is 11.9 Å². The van der Waals surface area contributed by atoms with Crippen molar-refractivity contribution in [2.45, 2.75) is 71.8 Å². The molecule has 0 bridgehead atoms. The molecule has 20 heavy (non-hydrogen) atoms. The molecule has 0 radical (unpaired) electrons. The molecule has 1 aliphatic heterocycles. The zero-order valence-electron chi connectivity index (χ0n) is 13.4. The van der Waals surface area contributed by atoms with Gasteiger partial charge in [0.2, 0.25) is 0 Å². The molecule has 0 N–H and O–H groups in total. The number of hydrogen-bond acceptors (Lipinski definition) is 3. The maximum Gasteiger partial charge on any atom is 0.410 e. The number of nitrogens with zero attached hydrogens (tertiary/aromatic N) is 1. The predicted molar refractivity (Wildman–Crippen MR) is 79.7 cm³/mol. The second kappa shape index (κ2) is 7.65. The second-order valence-corrected chi connectivity index (χ2v) is 6.88. The van der Waals surface area contributed by atoms with Crippen LogP contribution in [0.15, 0.2) is 0 Å². The van der Waals surface area contributed by atoms with Crippen molar-refractivity contribution in [2.24, 2.45) is 5.92 Å². The minimum absolute atomic E-state index is 0.184. The Balaban J connectivity index is 2.16. The number of amides is 1. The van der Waals surface area contributed by atoms with Crippen LogP contribution in [0.3, 0.4) is 0 Å². The summed E-state index contributed by atoms with van der Waals surface area (Å²) in [7, 11) is 0. The summed E-state index contributed by atoms with van der Waals surface area (Å²) in [5, 5.41) is 0. The lowest BCUT2D eigenvalue weighted by molar-refractivity contribution is -0.117. The van der Waals surface area contributed by atoms with Crippen LogP contribution in [0, 0.1) is 5.92 Å². The summed E-state index contributed by atoms with van der Waals surface area (Å²) in [5.74, 6) is 0.877. The smallest absolute Gasteiger partial charge is 0.410 e. The number of unbranched alkanes of at least 4 members (excludes halogenated alkanes) is 2. The van der Waals surface area contributed by atoms with Gasteiger partial charge in [-0.2, -0.15) is 0 Å². The fourth-order valence-electron chi connectivity index (χ4n) is 2.54. The minimum atomic E-state index is -0.415. The summed E-state index contributed by atoms with van der Waals surface area (Å²) >= 11 is 0. The SMILES string of the molecule is CC(=O)CCCCC[C@@H]1CCN(C(=O)OC(C)(C)C)C1. The first-order valence-corrected chi connectivity index (χ1v) is 7.75. The Morgan fingerprint density at radius 1 is 1.20 bits per heavy atom. The van der Waals surface area contributed by atoms with Crippen LogP contribution in [0.4, 0.5) is 4.79 Å². The number of carbonyl (C=O) groups excluding carboxylic acids is 2. The lowest BCUT2D eigenvalue weighted by atomic mass is 10.00. The zero-order chi connectivity index (χ0) is 15.2. The first kappa shape index (κ1) is 17.0. The van der Waals surface area contributed by atoms with E-state index in [0.29, 0.717) is 12.3 Å². The highest BCUT2D eigenvalue weighted by Crippen LogP contribution is 2.24. The van der Waals surface area contributed by atoms with Gasteiger partial charge in [-0.1, -0.05) is 12.8 Å². The molecule has 4 nitrogen and oxygen atoms in total. The van der Waals surface area contributed by atoms with Gasteiger partial charge in [-0.05, 0) is 52.9 Å². The first-order valence-electron chi connectivity index (χ1n) is 7.75. The fourth-order valence-corrected chi connectivity index (χ4v) is 2.54. The number of ether oxygens (including phenoxy) is 1. The number of rotatable bonds is 6. The number of carbonyl (C=O) groups is 2. The molecule has 0 aliphatic carbocycles. The Morgan fingerprint density at radius 2 is 1.90 bits per heavy atom. The van der Waals surface area contributed by atoms with E-state index in [4.69, 9.17) is 4.74 Å². The minimum Gasteiger partial charge on any atom is -0.444 e. The Bertz CT molecular complexity index is 333. The molecule has 4 heteroatoms. The molecule has 1 fully saturated rings. The highest BCUT2D eigenvalue weighted by atomic mass is 16.6. The summed E-state index contributed by atoms with van der Waals surface area (Å²) in [4.78, 5) is 24.6. The van der Waals surface area contributed by atoms with Crippen molar-refractivity contribution in [2.75, 3.05) is 13.1 Å². The molecule has 0 saturated carbocycles. The Hall–Kier alpha value is -1.06. The van der Waals surface area contributed by atoms with Crippen molar-refractivity contribution in [1.82, 2.24) is 4.90 Å². The van der Waals surface area contributed by atoms with E-state index in [2.05, 4.69) is 0 Å². The van der Waals surface area contributed by atoms with Gasteiger partial charge in [0, 0.05) is 19.5 Å². The van der Waals surface area contributed by atoms with Gasteiger partial charge in [0.05, 0.1) is 0 Å². The third kappa shape index (κ3) is 6.92. The summed E-state index contributed by atoms with van der Waals surface area (Å²) in [6.45, 7) is 8.97. The molecule has 1 amide bonds. The maximum atomic E-state index is 11.9. The third-order valence-corrected chi connectivity index (χ3v) is 3.58. The van der Waals surface area contributed by atoms with Gasteiger partial charge in [0.1, 0.15) is 11.4 Å². The van der Waals surface area contributed by atoms with Gasteiger partial charge >= 0.3 is 6.09 Å². The lowest BCUT2D eigenvalue weighted by Crippen LogP contribution is -2.35. The number of ketones is 1. The van der Waals surface area contributed by atoms with Crippen LogP contribution in [0.5, 0.6) is 0 Å². The van der Waals surface area contributed by atoms with Crippen LogP contribution < -0.4 is 0 Å². The third-order valence-electron chi connectivity index (χ3n) is 3.58. The van der Waals surface area contributed by atoms with Gasteiger partial charge in [-0.25, -0.2) is 4.79 Å². The Labute approximate surface area is 122 Å². The van der Waals surface area contributed by atoms with E-state index in [-0.39, 0.29) is 11.9 Å². The fraction of sp³-hybridized carbons (Fsp3) is 0.875. The second-order valence-electron chi connectivity index (χ2n) is 6.88. The molecule has 1 heterocycles. The average Bonchev–Trinajstić information content (AvgIpc) is 2.74. The molecule has 1 aliphatic rings. The maximum absolute atomic E-state index is 11.9. The number of likely N-dealkylation sites (tertiary alicyclic amines) is 1. The number of Topliss-reactive ketones (excluding diaryl/α,β-unsaturated/α-hetero) is 1. The van der Waals surface area contributed by atoms with Crippen molar-refractivity contribution in [3.8, 4) is 0 Å². The Morgan fingerprint density at radius 3 is 2.50 bits per heavy atom.